The number of pyridine rings is 1. The summed E-state index contributed by atoms with van der Waals surface area (Å²) in [7, 11) is 1.88. The third kappa shape index (κ3) is 5.30. The van der Waals surface area contributed by atoms with Crippen LogP contribution >= 0.6 is 11.6 Å². The highest BCUT2D eigenvalue weighted by Gasteiger charge is 2.40. The Kier molecular flexibility index (Phi) is 8.05. The van der Waals surface area contributed by atoms with Crippen LogP contribution in [0.3, 0.4) is 0 Å². The van der Waals surface area contributed by atoms with E-state index >= 15 is 0 Å². The number of aryl methyl sites for hydroxylation is 1. The second kappa shape index (κ2) is 10.9. The number of nitrogens with zero attached hydrogens (tertiary/aromatic N) is 1. The average molecular weight is 532 g/mol. The summed E-state index contributed by atoms with van der Waals surface area (Å²) in [6, 6.07) is 11.4. The van der Waals surface area contributed by atoms with Gasteiger partial charge in [-0.25, -0.2) is 0 Å². The van der Waals surface area contributed by atoms with E-state index in [4.69, 9.17) is 27.1 Å². The number of nitrogens with one attached hydrogen (secondary N) is 1. The molecule has 4 rings (SSSR count). The number of nitrogens with two attached hydrogens (primary N) is 1. The molecule has 0 aliphatic carbocycles. The Labute approximate surface area is 221 Å². The zero-order chi connectivity index (χ0) is 26.8. The minimum absolute atomic E-state index is 0.314. The first-order valence-electron chi connectivity index (χ1n) is 12.6. The molecule has 0 spiro atoms. The maximum Gasteiger partial charge on any atom is 0.416 e. The van der Waals surface area contributed by atoms with E-state index in [1.165, 1.54) is 12.1 Å². The fourth-order valence-electron chi connectivity index (χ4n) is 5.52. The SMILES string of the molecule is CCc1nc2ccc(C(C)(/C(=C/N)NC)C3CCOCC3)cc2c(Cl)c1Cc1ccc(C(F)(F)F)cc1. The Morgan fingerprint density at radius 2 is 1.78 bits per heavy atom. The standard InChI is InChI=1S/C29H33ClF3N3O/c1-4-24-22(15-18-5-7-20(8-6-18)29(31,32)33)27(30)23-16-21(9-10-25(23)36-24)28(2,26(17-34)35-3)19-11-13-37-14-12-19/h5-10,16-17,19,35H,4,11-15,34H2,1-3H3/b26-17-. The van der Waals surface area contributed by atoms with Crippen molar-refractivity contribution in [3.05, 3.63) is 87.3 Å². The predicted octanol–water partition coefficient (Wildman–Crippen LogP) is 6.76. The highest BCUT2D eigenvalue weighted by molar-refractivity contribution is 6.36. The molecule has 0 radical (unpaired) electrons. The summed E-state index contributed by atoms with van der Waals surface area (Å²) in [5.41, 5.74) is 10.2. The second-order valence-corrected chi connectivity index (χ2v) is 10.1. The Bertz CT molecular complexity index is 1280. The van der Waals surface area contributed by atoms with E-state index in [2.05, 4.69) is 24.4 Å². The van der Waals surface area contributed by atoms with Crippen molar-refractivity contribution in [2.24, 2.45) is 11.7 Å². The number of aromatic nitrogens is 1. The number of hydrogen-bond acceptors (Lipinski definition) is 4. The van der Waals surface area contributed by atoms with Gasteiger partial charge in [-0.3, -0.25) is 4.98 Å². The molecule has 1 aromatic heterocycles. The van der Waals surface area contributed by atoms with Crippen molar-refractivity contribution < 1.29 is 17.9 Å². The van der Waals surface area contributed by atoms with Crippen LogP contribution in [0.1, 0.15) is 54.6 Å². The summed E-state index contributed by atoms with van der Waals surface area (Å²) in [6.07, 6.45) is 0.144. The van der Waals surface area contributed by atoms with Crippen LogP contribution in [-0.4, -0.2) is 25.2 Å². The molecule has 8 heteroatoms. The van der Waals surface area contributed by atoms with E-state index in [0.717, 1.165) is 64.0 Å². The first kappa shape index (κ1) is 27.3. The Balaban J connectivity index is 1.81. The number of halogens is 4. The van der Waals surface area contributed by atoms with Crippen LogP contribution in [-0.2, 0) is 29.2 Å². The summed E-state index contributed by atoms with van der Waals surface area (Å²) in [5, 5.41) is 4.70. The van der Waals surface area contributed by atoms with Crippen molar-refractivity contribution >= 4 is 22.5 Å². The quantitative estimate of drug-likeness (QED) is 0.353. The molecule has 1 aliphatic rings. The molecule has 0 amide bonds. The van der Waals surface area contributed by atoms with Gasteiger partial charge in [0.1, 0.15) is 0 Å². The van der Waals surface area contributed by atoms with Crippen molar-refractivity contribution in [1.82, 2.24) is 10.3 Å². The summed E-state index contributed by atoms with van der Waals surface area (Å²) in [5.74, 6) is 0.314. The molecule has 1 aliphatic heterocycles. The minimum Gasteiger partial charge on any atom is -0.403 e. The molecule has 1 atom stereocenters. The molecule has 3 N–H and O–H groups in total. The van der Waals surface area contributed by atoms with Crippen molar-refractivity contribution in [2.45, 2.75) is 51.1 Å². The van der Waals surface area contributed by atoms with Crippen LogP contribution in [0.5, 0.6) is 0 Å². The van der Waals surface area contributed by atoms with Gasteiger partial charge in [-0.2, -0.15) is 13.2 Å². The topological polar surface area (TPSA) is 60.2 Å². The van der Waals surface area contributed by atoms with Crippen LogP contribution in [0.2, 0.25) is 5.02 Å². The van der Waals surface area contributed by atoms with Gasteiger partial charge in [0, 0.05) is 55.1 Å². The Hall–Kier alpha value is -2.77. The molecule has 4 nitrogen and oxygen atoms in total. The number of alkyl halides is 3. The molecule has 0 saturated carbocycles. The Morgan fingerprint density at radius 3 is 2.35 bits per heavy atom. The lowest BCUT2D eigenvalue weighted by Gasteiger charge is -2.42. The van der Waals surface area contributed by atoms with E-state index in [1.54, 1.807) is 6.20 Å². The van der Waals surface area contributed by atoms with Crippen LogP contribution in [0.4, 0.5) is 13.2 Å². The van der Waals surface area contributed by atoms with E-state index in [0.29, 0.717) is 37.0 Å². The number of ether oxygens (including phenoxy) is 1. The molecule has 3 aromatic rings. The molecule has 198 valence electrons. The van der Waals surface area contributed by atoms with Crippen LogP contribution in [0.15, 0.2) is 54.4 Å². The monoisotopic (exact) mass is 531 g/mol. The van der Waals surface area contributed by atoms with Gasteiger partial charge < -0.3 is 15.8 Å². The van der Waals surface area contributed by atoms with Crippen molar-refractivity contribution in [1.29, 1.82) is 0 Å². The lowest BCUT2D eigenvalue weighted by atomic mass is 9.66. The van der Waals surface area contributed by atoms with Gasteiger partial charge in [0.25, 0.3) is 0 Å². The maximum absolute atomic E-state index is 13.0. The zero-order valence-corrected chi connectivity index (χ0v) is 22.1. The number of benzene rings is 2. The second-order valence-electron chi connectivity index (χ2n) is 9.73. The zero-order valence-electron chi connectivity index (χ0n) is 21.4. The van der Waals surface area contributed by atoms with Gasteiger partial charge in [-0.05, 0) is 73.1 Å². The van der Waals surface area contributed by atoms with E-state index in [1.807, 2.05) is 20.0 Å². The molecule has 1 saturated heterocycles. The molecule has 0 bridgehead atoms. The van der Waals surface area contributed by atoms with E-state index < -0.39 is 11.7 Å². The fourth-order valence-corrected chi connectivity index (χ4v) is 5.85. The number of likely N-dealkylation sites (N-methyl/N-ethyl adjacent to an activating group) is 1. The van der Waals surface area contributed by atoms with Crippen LogP contribution in [0.25, 0.3) is 10.9 Å². The third-order valence-electron chi connectivity index (χ3n) is 7.73. The highest BCUT2D eigenvalue weighted by atomic mass is 35.5. The largest absolute Gasteiger partial charge is 0.416 e. The van der Waals surface area contributed by atoms with E-state index in [9.17, 15) is 13.2 Å². The van der Waals surface area contributed by atoms with Crippen molar-refractivity contribution in [3.8, 4) is 0 Å². The number of hydrogen-bond donors (Lipinski definition) is 2. The molecule has 1 unspecified atom stereocenters. The predicted molar refractivity (Wildman–Crippen MR) is 143 cm³/mol. The van der Waals surface area contributed by atoms with E-state index in [-0.39, 0.29) is 5.41 Å². The molecule has 37 heavy (non-hydrogen) atoms. The third-order valence-corrected chi connectivity index (χ3v) is 8.16. The van der Waals surface area contributed by atoms with Crippen LogP contribution in [0, 0.1) is 5.92 Å². The normalized spacial score (nSPS) is 17.1. The molecule has 2 aromatic carbocycles. The van der Waals surface area contributed by atoms with Gasteiger partial charge in [-0.1, -0.05) is 36.7 Å². The van der Waals surface area contributed by atoms with Gasteiger partial charge in [0.05, 0.1) is 16.1 Å². The first-order chi connectivity index (χ1) is 17.6. The number of fused-ring (bicyclic) bond motifs is 1. The lowest BCUT2D eigenvalue weighted by molar-refractivity contribution is -0.137. The summed E-state index contributed by atoms with van der Waals surface area (Å²) >= 11 is 7.04. The lowest BCUT2D eigenvalue weighted by Crippen LogP contribution is -2.42. The summed E-state index contributed by atoms with van der Waals surface area (Å²) in [6.45, 7) is 5.61. The molecular weight excluding hydrogens is 499 g/mol. The van der Waals surface area contributed by atoms with Gasteiger partial charge in [0.15, 0.2) is 0 Å². The Morgan fingerprint density at radius 1 is 1.14 bits per heavy atom. The highest BCUT2D eigenvalue weighted by Crippen LogP contribution is 2.44. The van der Waals surface area contributed by atoms with Gasteiger partial charge in [-0.15, -0.1) is 0 Å². The molecule has 1 fully saturated rings. The average Bonchev–Trinajstić information content (AvgIpc) is 2.90. The fraction of sp³-hybridized carbons (Fsp3) is 0.414. The summed E-state index contributed by atoms with van der Waals surface area (Å²) < 4.78 is 44.7. The van der Waals surface area contributed by atoms with Crippen LogP contribution < -0.4 is 11.1 Å². The number of rotatable bonds is 7. The van der Waals surface area contributed by atoms with Crippen molar-refractivity contribution in [3.63, 3.8) is 0 Å². The van der Waals surface area contributed by atoms with Crippen molar-refractivity contribution in [2.75, 3.05) is 20.3 Å². The van der Waals surface area contributed by atoms with Gasteiger partial charge in [0.2, 0.25) is 0 Å². The first-order valence-corrected chi connectivity index (χ1v) is 13.0. The number of allylic oxidation sites excluding steroid dienone is 1. The molecular formula is C29H33ClF3N3O. The summed E-state index contributed by atoms with van der Waals surface area (Å²) in [4.78, 5) is 4.89. The maximum atomic E-state index is 13.0. The minimum atomic E-state index is -4.37. The smallest absolute Gasteiger partial charge is 0.403 e. The molecule has 2 heterocycles. The van der Waals surface area contributed by atoms with Gasteiger partial charge >= 0.3 is 6.18 Å².